The molecule has 0 aliphatic carbocycles. The van der Waals surface area contributed by atoms with Gasteiger partial charge in [-0.15, -0.1) is 0 Å². The van der Waals surface area contributed by atoms with Crippen molar-refractivity contribution in [3.05, 3.63) is 89.8 Å². The molecule has 1 aromatic heterocycles. The van der Waals surface area contributed by atoms with Crippen LogP contribution in [0, 0.1) is 17.6 Å². The van der Waals surface area contributed by atoms with Gasteiger partial charge in [0.1, 0.15) is 5.82 Å². The van der Waals surface area contributed by atoms with Crippen LogP contribution in [0.3, 0.4) is 0 Å². The number of hydrogen-bond acceptors (Lipinski definition) is 6. The van der Waals surface area contributed by atoms with Crippen molar-refractivity contribution in [1.82, 2.24) is 15.3 Å². The molecule has 162 valence electrons. The van der Waals surface area contributed by atoms with Gasteiger partial charge in [-0.2, -0.15) is 0 Å². The molecule has 1 N–H and O–H groups in total. The van der Waals surface area contributed by atoms with Gasteiger partial charge in [-0.25, -0.2) is 18.7 Å². The fourth-order valence-electron chi connectivity index (χ4n) is 4.22. The van der Waals surface area contributed by atoms with Gasteiger partial charge in [0.05, 0.1) is 17.1 Å². The van der Waals surface area contributed by atoms with Gasteiger partial charge in [-0.1, -0.05) is 48.2 Å². The van der Waals surface area contributed by atoms with E-state index in [0.29, 0.717) is 41.9 Å². The van der Waals surface area contributed by atoms with Crippen LogP contribution in [0.25, 0.3) is 0 Å². The third-order valence-corrected chi connectivity index (χ3v) is 7.21. The molecule has 3 aromatic rings. The molecule has 32 heavy (non-hydrogen) atoms. The molecule has 2 aliphatic heterocycles. The first-order chi connectivity index (χ1) is 15.5. The molecule has 0 radical (unpaired) electrons. The van der Waals surface area contributed by atoms with Crippen LogP contribution in [0.4, 0.5) is 14.7 Å². The molecule has 6 nitrogen and oxygen atoms in total. The van der Waals surface area contributed by atoms with Crippen LogP contribution in [0.15, 0.2) is 72.0 Å². The molecule has 5 rings (SSSR count). The smallest absolute Gasteiger partial charge is 0.257 e. The summed E-state index contributed by atoms with van der Waals surface area (Å²) in [6.45, 7) is 1.34. The second-order valence-corrected chi connectivity index (χ2v) is 9.04. The Morgan fingerprint density at radius 1 is 1.06 bits per heavy atom. The minimum atomic E-state index is -0.704. The number of aliphatic imine (C=N–C) groups is 1. The first-order valence-corrected chi connectivity index (χ1v) is 10.9. The molecular formula is C23H19F2N5OS. The van der Waals surface area contributed by atoms with E-state index in [-0.39, 0.29) is 17.6 Å². The lowest BCUT2D eigenvalue weighted by Gasteiger charge is -2.37. The van der Waals surface area contributed by atoms with E-state index in [0.717, 1.165) is 12.4 Å². The van der Waals surface area contributed by atoms with E-state index < -0.39 is 10.6 Å². The number of anilines is 1. The van der Waals surface area contributed by atoms with Gasteiger partial charge in [-0.3, -0.25) is 9.79 Å². The Morgan fingerprint density at radius 2 is 1.78 bits per heavy atom. The maximum atomic E-state index is 15.0. The number of hydrogen-bond donors (Lipinski definition) is 1. The maximum absolute atomic E-state index is 15.0. The summed E-state index contributed by atoms with van der Waals surface area (Å²) in [6.07, 6.45) is 2.24. The molecular weight excluding hydrogens is 432 g/mol. The molecule has 2 aromatic carbocycles. The molecule has 2 aliphatic rings. The number of benzene rings is 2. The third-order valence-electron chi connectivity index (χ3n) is 5.74. The summed E-state index contributed by atoms with van der Waals surface area (Å²) in [7, 11) is 0. The van der Waals surface area contributed by atoms with Crippen molar-refractivity contribution in [3.63, 3.8) is 0 Å². The number of halogens is 2. The molecule has 2 atom stereocenters. The molecule has 0 saturated carbocycles. The zero-order valence-electron chi connectivity index (χ0n) is 16.9. The molecule has 1 amide bonds. The quantitative estimate of drug-likeness (QED) is 0.659. The van der Waals surface area contributed by atoms with E-state index in [1.54, 1.807) is 42.5 Å². The lowest BCUT2D eigenvalue weighted by Crippen LogP contribution is -2.43. The lowest BCUT2D eigenvalue weighted by molar-refractivity contribution is 0.0977. The summed E-state index contributed by atoms with van der Waals surface area (Å²) in [5, 5.41) is 3.32. The van der Waals surface area contributed by atoms with Crippen molar-refractivity contribution in [2.75, 3.05) is 24.5 Å². The van der Waals surface area contributed by atoms with E-state index in [1.807, 2.05) is 11.0 Å². The number of nitrogens with zero attached hydrogens (tertiary/aromatic N) is 4. The second kappa shape index (κ2) is 8.31. The number of nitrogens with one attached hydrogen (secondary N) is 1. The summed E-state index contributed by atoms with van der Waals surface area (Å²) >= 11 is 1.35. The highest BCUT2D eigenvalue weighted by Crippen LogP contribution is 2.51. The van der Waals surface area contributed by atoms with E-state index in [2.05, 4.69) is 20.3 Å². The number of carbonyl (C=O) groups is 1. The van der Waals surface area contributed by atoms with Crippen LogP contribution in [0.2, 0.25) is 0 Å². The van der Waals surface area contributed by atoms with Crippen LogP contribution in [0.1, 0.15) is 15.9 Å². The van der Waals surface area contributed by atoms with Crippen LogP contribution in [-0.2, 0) is 4.75 Å². The number of amides is 1. The van der Waals surface area contributed by atoms with Crippen molar-refractivity contribution in [3.8, 4) is 0 Å². The average Bonchev–Trinajstić information content (AvgIpc) is 3.20. The topological polar surface area (TPSA) is 70.5 Å². The molecule has 1 saturated heterocycles. The summed E-state index contributed by atoms with van der Waals surface area (Å²) in [4.78, 5) is 27.4. The minimum Gasteiger partial charge on any atom is -0.339 e. The molecule has 2 unspecified atom stereocenters. The normalized spacial score (nSPS) is 22.2. The van der Waals surface area contributed by atoms with Gasteiger partial charge in [0.25, 0.3) is 5.91 Å². The number of amidine groups is 1. The summed E-state index contributed by atoms with van der Waals surface area (Å²) in [6, 6.07) is 15.5. The van der Waals surface area contributed by atoms with E-state index in [4.69, 9.17) is 0 Å². The standard InChI is InChI=1S/C23H19F2N5OS/c24-17-11-26-21(27-12-17)30-13-16-10-28-22(29-20(31)15-6-2-1-3-7-15)32-23(16,14-30)18-8-4-5-9-19(18)25/h1-9,11-12,16H,10,13-14H2,(H,28,29,31). The Kier molecular flexibility index (Phi) is 5.34. The number of thioether (sulfide) groups is 1. The van der Waals surface area contributed by atoms with Gasteiger partial charge in [-0.05, 0) is 18.2 Å². The number of aromatic nitrogens is 2. The van der Waals surface area contributed by atoms with Gasteiger partial charge in [0.2, 0.25) is 5.95 Å². The van der Waals surface area contributed by atoms with Crippen molar-refractivity contribution in [2.45, 2.75) is 4.75 Å². The first kappa shape index (κ1) is 20.6. The van der Waals surface area contributed by atoms with Crippen LogP contribution in [0.5, 0.6) is 0 Å². The van der Waals surface area contributed by atoms with Crippen LogP contribution in [-0.4, -0.2) is 40.7 Å². The minimum absolute atomic E-state index is 0.0459. The Bertz CT molecular complexity index is 1170. The Hall–Kier alpha value is -3.33. The van der Waals surface area contributed by atoms with Gasteiger partial charge in [0.15, 0.2) is 11.0 Å². The molecule has 9 heteroatoms. The van der Waals surface area contributed by atoms with Gasteiger partial charge >= 0.3 is 0 Å². The van der Waals surface area contributed by atoms with Crippen molar-refractivity contribution in [2.24, 2.45) is 10.9 Å². The summed E-state index contributed by atoms with van der Waals surface area (Å²) < 4.78 is 27.6. The lowest BCUT2D eigenvalue weighted by atomic mass is 9.87. The second-order valence-electron chi connectivity index (χ2n) is 7.72. The zero-order valence-corrected chi connectivity index (χ0v) is 17.7. The van der Waals surface area contributed by atoms with E-state index >= 15 is 4.39 Å². The van der Waals surface area contributed by atoms with Crippen molar-refractivity contribution >= 4 is 28.8 Å². The number of rotatable bonds is 3. The Balaban J connectivity index is 1.47. The van der Waals surface area contributed by atoms with Crippen molar-refractivity contribution < 1.29 is 13.6 Å². The monoisotopic (exact) mass is 451 g/mol. The largest absolute Gasteiger partial charge is 0.339 e. The first-order valence-electron chi connectivity index (χ1n) is 10.1. The molecule has 3 heterocycles. The van der Waals surface area contributed by atoms with Crippen LogP contribution >= 0.6 is 11.8 Å². The molecule has 0 bridgehead atoms. The molecule has 0 spiro atoms. The highest BCUT2D eigenvalue weighted by atomic mass is 32.2. The fraction of sp³-hybridized carbons (Fsp3) is 0.217. The summed E-state index contributed by atoms with van der Waals surface area (Å²) in [5.74, 6) is -0.765. The fourth-order valence-corrected chi connectivity index (χ4v) is 5.66. The predicted octanol–water partition coefficient (Wildman–Crippen LogP) is 3.62. The molecule has 1 fully saturated rings. The number of fused-ring (bicyclic) bond motifs is 1. The zero-order chi connectivity index (χ0) is 22.1. The SMILES string of the molecule is O=C(NC1=NCC2CN(c3ncc(F)cn3)CC2(c2ccccc2F)S1)c1ccccc1. The van der Waals surface area contributed by atoms with Gasteiger partial charge < -0.3 is 10.2 Å². The van der Waals surface area contributed by atoms with Crippen LogP contribution < -0.4 is 10.2 Å². The Labute approximate surface area is 187 Å². The summed E-state index contributed by atoms with van der Waals surface area (Å²) in [5.41, 5.74) is 1.06. The van der Waals surface area contributed by atoms with E-state index in [9.17, 15) is 9.18 Å². The van der Waals surface area contributed by atoms with E-state index in [1.165, 1.54) is 17.8 Å². The average molecular weight is 452 g/mol. The number of carbonyl (C=O) groups excluding carboxylic acids is 1. The highest BCUT2D eigenvalue weighted by Gasteiger charge is 2.53. The van der Waals surface area contributed by atoms with Gasteiger partial charge in [0, 0.05) is 36.7 Å². The maximum Gasteiger partial charge on any atom is 0.257 e. The highest BCUT2D eigenvalue weighted by molar-refractivity contribution is 8.14. The van der Waals surface area contributed by atoms with Crippen molar-refractivity contribution in [1.29, 1.82) is 0 Å². The third kappa shape index (κ3) is 3.73. The predicted molar refractivity (Wildman–Crippen MR) is 120 cm³/mol. The Morgan fingerprint density at radius 3 is 2.53 bits per heavy atom.